The summed E-state index contributed by atoms with van der Waals surface area (Å²) in [7, 11) is 0. The zero-order valence-corrected chi connectivity index (χ0v) is 45.6. The van der Waals surface area contributed by atoms with Crippen LogP contribution < -0.4 is 0 Å². The Morgan fingerprint density at radius 1 is 0.386 bits per heavy atom. The van der Waals surface area contributed by atoms with Crippen LogP contribution in [0.2, 0.25) is 0 Å². The van der Waals surface area contributed by atoms with Gasteiger partial charge in [-0.1, -0.05) is 284 Å². The quantitative estimate of drug-likeness (QED) is 0.0338. The van der Waals surface area contributed by atoms with Gasteiger partial charge in [-0.05, 0) is 12.8 Å². The van der Waals surface area contributed by atoms with Gasteiger partial charge in [0.2, 0.25) is 0 Å². The highest BCUT2D eigenvalue weighted by Gasteiger charge is 2.47. The number of carbonyl (C=O) groups is 3. The van der Waals surface area contributed by atoms with Gasteiger partial charge in [0.25, 0.3) is 0 Å². The summed E-state index contributed by atoms with van der Waals surface area (Å²) in [5, 5.41) is 40.1. The summed E-state index contributed by atoms with van der Waals surface area (Å²) in [5.74, 6) is -2.41. The topological polar surface area (TPSA) is 169 Å². The van der Waals surface area contributed by atoms with Gasteiger partial charge < -0.3 is 39.4 Å². The summed E-state index contributed by atoms with van der Waals surface area (Å²) in [5.41, 5.74) is 0. The molecule has 4 N–H and O–H groups in total. The molecule has 0 spiro atoms. The van der Waals surface area contributed by atoms with Crippen molar-refractivity contribution in [1.82, 2.24) is 0 Å². The number of hydrogen-bond donors (Lipinski definition) is 4. The van der Waals surface area contributed by atoms with E-state index < -0.39 is 54.7 Å². The van der Waals surface area contributed by atoms with Gasteiger partial charge in [0.1, 0.15) is 24.9 Å². The fraction of sp³-hybridized carbons (Fsp3) is 0.949. The molecule has 0 aromatic rings. The minimum Gasteiger partial charge on any atom is -0.479 e. The SMILES string of the molecule is CCCCCCCCCCCCCCCCCCCCCCCCCCC(=O)OCC(COC1OC(C(=O)O)C(O)C(O)C1O)OC(=O)CCCCCCCCCCCCCCCCCCCCCC. The van der Waals surface area contributed by atoms with Crippen molar-refractivity contribution in [3.05, 3.63) is 0 Å². The molecule has 0 saturated carbocycles. The Kier molecular flexibility index (Phi) is 46.8. The minimum absolute atomic E-state index is 0.192. The Bertz CT molecular complexity index is 1170. The van der Waals surface area contributed by atoms with Crippen LogP contribution >= 0.6 is 0 Å². The molecule has 0 amide bonds. The van der Waals surface area contributed by atoms with E-state index in [1.54, 1.807) is 0 Å². The number of unbranched alkanes of at least 4 members (excludes halogenated alkanes) is 42. The van der Waals surface area contributed by atoms with Crippen LogP contribution in [0.5, 0.6) is 0 Å². The average molecular weight is 998 g/mol. The molecular formula is C59H112O11. The molecule has 11 nitrogen and oxygen atoms in total. The summed E-state index contributed by atoms with van der Waals surface area (Å²) < 4.78 is 21.9. The van der Waals surface area contributed by atoms with Crippen LogP contribution in [-0.2, 0) is 33.3 Å². The third-order valence-electron chi connectivity index (χ3n) is 14.5. The van der Waals surface area contributed by atoms with Crippen molar-refractivity contribution in [3.8, 4) is 0 Å². The maximum absolute atomic E-state index is 12.9. The molecule has 6 atom stereocenters. The monoisotopic (exact) mass is 997 g/mol. The van der Waals surface area contributed by atoms with Crippen molar-refractivity contribution in [2.75, 3.05) is 13.2 Å². The maximum Gasteiger partial charge on any atom is 0.335 e. The van der Waals surface area contributed by atoms with Crippen LogP contribution in [0.25, 0.3) is 0 Å². The third-order valence-corrected chi connectivity index (χ3v) is 14.5. The number of carbonyl (C=O) groups excluding carboxylic acids is 2. The molecule has 1 saturated heterocycles. The van der Waals surface area contributed by atoms with Crippen LogP contribution in [0, 0.1) is 0 Å². The molecule has 0 bridgehead atoms. The predicted molar refractivity (Wildman–Crippen MR) is 285 cm³/mol. The molecule has 70 heavy (non-hydrogen) atoms. The molecule has 1 rings (SSSR count). The Morgan fingerprint density at radius 2 is 0.671 bits per heavy atom. The zero-order valence-electron chi connectivity index (χ0n) is 45.6. The third kappa shape index (κ3) is 39.7. The molecule has 414 valence electrons. The predicted octanol–water partition coefficient (Wildman–Crippen LogP) is 15.3. The standard InChI is InChI=1S/C59H112O11/c1-3-5-7-9-11-13-15-17-19-21-23-25-26-27-28-30-31-33-35-37-39-41-43-45-47-52(60)67-49-51(50-68-59-56(64)54(62)55(63)57(70-59)58(65)66)69-53(61)48-46-44-42-40-38-36-34-32-29-24-22-20-18-16-14-12-10-8-6-4-2/h51,54-57,59,62-64H,3-50H2,1-2H3,(H,65,66). The van der Waals surface area contributed by atoms with Gasteiger partial charge in [0.05, 0.1) is 6.61 Å². The molecule has 0 aromatic carbocycles. The molecule has 1 aliphatic heterocycles. The van der Waals surface area contributed by atoms with Gasteiger partial charge in [-0.25, -0.2) is 4.79 Å². The zero-order chi connectivity index (χ0) is 51.0. The van der Waals surface area contributed by atoms with Crippen molar-refractivity contribution in [3.63, 3.8) is 0 Å². The van der Waals surface area contributed by atoms with E-state index in [-0.39, 0.29) is 26.1 Å². The van der Waals surface area contributed by atoms with E-state index in [0.717, 1.165) is 38.5 Å². The van der Waals surface area contributed by atoms with Gasteiger partial charge in [-0.15, -0.1) is 0 Å². The van der Waals surface area contributed by atoms with Crippen molar-refractivity contribution in [2.24, 2.45) is 0 Å². The number of rotatable bonds is 53. The normalized spacial score (nSPS) is 18.6. The molecule has 0 radical (unpaired) electrons. The fourth-order valence-electron chi connectivity index (χ4n) is 9.77. The highest BCUT2D eigenvalue weighted by atomic mass is 16.7. The highest BCUT2D eigenvalue weighted by Crippen LogP contribution is 2.24. The second kappa shape index (κ2) is 49.4. The lowest BCUT2D eigenvalue weighted by molar-refractivity contribution is -0.298. The lowest BCUT2D eigenvalue weighted by Crippen LogP contribution is -2.60. The van der Waals surface area contributed by atoms with E-state index in [4.69, 9.17) is 18.9 Å². The number of ether oxygens (including phenoxy) is 4. The lowest BCUT2D eigenvalue weighted by atomic mass is 9.99. The van der Waals surface area contributed by atoms with Gasteiger partial charge in [-0.3, -0.25) is 9.59 Å². The highest BCUT2D eigenvalue weighted by molar-refractivity contribution is 5.73. The Labute approximate surface area is 429 Å². The van der Waals surface area contributed by atoms with E-state index in [1.807, 2.05) is 0 Å². The van der Waals surface area contributed by atoms with Gasteiger partial charge in [0.15, 0.2) is 18.5 Å². The smallest absolute Gasteiger partial charge is 0.335 e. The summed E-state index contributed by atoms with van der Waals surface area (Å²) in [4.78, 5) is 37.1. The molecule has 1 aliphatic rings. The van der Waals surface area contributed by atoms with Gasteiger partial charge in [0, 0.05) is 12.8 Å². The summed E-state index contributed by atoms with van der Waals surface area (Å²) in [6.45, 7) is 3.90. The van der Waals surface area contributed by atoms with E-state index in [1.165, 1.54) is 231 Å². The van der Waals surface area contributed by atoms with Crippen LogP contribution in [0.3, 0.4) is 0 Å². The molecule has 11 heteroatoms. The first-order valence-electron chi connectivity index (χ1n) is 30.1. The largest absolute Gasteiger partial charge is 0.479 e. The van der Waals surface area contributed by atoms with Crippen LogP contribution in [0.4, 0.5) is 0 Å². The van der Waals surface area contributed by atoms with Crippen molar-refractivity contribution in [2.45, 2.75) is 346 Å². The van der Waals surface area contributed by atoms with E-state index in [0.29, 0.717) is 12.8 Å². The maximum atomic E-state index is 12.9. The minimum atomic E-state index is -1.86. The Hall–Kier alpha value is -1.79. The summed E-state index contributed by atoms with van der Waals surface area (Å²) in [6, 6.07) is 0. The van der Waals surface area contributed by atoms with Gasteiger partial charge >= 0.3 is 17.9 Å². The lowest BCUT2D eigenvalue weighted by Gasteiger charge is -2.38. The number of esters is 2. The van der Waals surface area contributed by atoms with Crippen molar-refractivity contribution < 1.29 is 53.8 Å². The Morgan fingerprint density at radius 3 is 0.971 bits per heavy atom. The average Bonchev–Trinajstić information content (AvgIpc) is 3.35. The number of aliphatic carboxylic acids is 1. The number of carboxylic acid groups (broad SMARTS) is 1. The van der Waals surface area contributed by atoms with Crippen molar-refractivity contribution >= 4 is 17.9 Å². The number of aliphatic hydroxyl groups excluding tert-OH is 3. The molecule has 0 aliphatic carbocycles. The van der Waals surface area contributed by atoms with Gasteiger partial charge in [-0.2, -0.15) is 0 Å². The number of hydrogen-bond acceptors (Lipinski definition) is 10. The first kappa shape index (κ1) is 66.2. The van der Waals surface area contributed by atoms with Crippen LogP contribution in [-0.4, -0.2) is 88.4 Å². The first-order valence-corrected chi connectivity index (χ1v) is 30.1. The second-order valence-electron chi connectivity index (χ2n) is 21.2. The molecule has 6 unspecified atom stereocenters. The summed E-state index contributed by atoms with van der Waals surface area (Å²) >= 11 is 0. The van der Waals surface area contributed by atoms with E-state index >= 15 is 0 Å². The molecule has 0 aromatic heterocycles. The fourth-order valence-corrected chi connectivity index (χ4v) is 9.77. The Balaban J connectivity index is 2.19. The summed E-state index contributed by atoms with van der Waals surface area (Å²) in [6.07, 6.45) is 47.4. The second-order valence-corrected chi connectivity index (χ2v) is 21.2. The van der Waals surface area contributed by atoms with E-state index in [2.05, 4.69) is 13.8 Å². The molecular weight excluding hydrogens is 885 g/mol. The van der Waals surface area contributed by atoms with Crippen LogP contribution in [0.15, 0.2) is 0 Å². The van der Waals surface area contributed by atoms with Crippen LogP contribution in [0.1, 0.15) is 309 Å². The molecule has 1 heterocycles. The number of carboxylic acids is 1. The van der Waals surface area contributed by atoms with Crippen molar-refractivity contribution in [1.29, 1.82) is 0 Å². The van der Waals surface area contributed by atoms with E-state index in [9.17, 15) is 34.8 Å². The molecule has 1 fully saturated rings. The first-order chi connectivity index (χ1) is 34.2. The number of aliphatic hydroxyl groups is 3.